The SMILES string of the molecule is COc1ccc(Cl)cc1N1C[C@@H](C(=O)NC(C)C)CC1=O. The van der Waals surface area contributed by atoms with Crippen molar-refractivity contribution in [2.24, 2.45) is 5.92 Å². The molecule has 0 aliphatic carbocycles. The molecule has 1 atom stereocenters. The fourth-order valence-corrected chi connectivity index (χ4v) is 2.56. The molecule has 0 bridgehead atoms. The third kappa shape index (κ3) is 3.47. The molecule has 0 saturated carbocycles. The molecule has 1 aliphatic rings. The zero-order valence-corrected chi connectivity index (χ0v) is 13.1. The number of methoxy groups -OCH3 is 1. The van der Waals surface area contributed by atoms with Gasteiger partial charge in [0.15, 0.2) is 0 Å². The van der Waals surface area contributed by atoms with Crippen molar-refractivity contribution < 1.29 is 14.3 Å². The van der Waals surface area contributed by atoms with Gasteiger partial charge in [-0.3, -0.25) is 9.59 Å². The minimum absolute atomic E-state index is 0.0577. The van der Waals surface area contributed by atoms with Gasteiger partial charge < -0.3 is 15.0 Å². The molecule has 0 spiro atoms. The second-order valence-corrected chi connectivity index (χ2v) is 5.82. The number of anilines is 1. The molecule has 1 N–H and O–H groups in total. The van der Waals surface area contributed by atoms with E-state index < -0.39 is 0 Å². The number of hydrogen-bond acceptors (Lipinski definition) is 3. The van der Waals surface area contributed by atoms with Crippen molar-refractivity contribution in [1.29, 1.82) is 0 Å². The molecule has 2 amide bonds. The highest BCUT2D eigenvalue weighted by Gasteiger charge is 2.36. The van der Waals surface area contributed by atoms with E-state index in [1.54, 1.807) is 23.1 Å². The van der Waals surface area contributed by atoms with Crippen LogP contribution in [0.5, 0.6) is 5.75 Å². The first kappa shape index (κ1) is 15.6. The Kier molecular flexibility index (Phi) is 4.73. The topological polar surface area (TPSA) is 58.6 Å². The molecule has 5 nitrogen and oxygen atoms in total. The number of benzene rings is 1. The number of ether oxygens (including phenoxy) is 1. The molecule has 0 aromatic heterocycles. The molecule has 6 heteroatoms. The second-order valence-electron chi connectivity index (χ2n) is 5.38. The van der Waals surface area contributed by atoms with Crippen molar-refractivity contribution in [1.82, 2.24) is 5.32 Å². The van der Waals surface area contributed by atoms with Crippen LogP contribution in [0.3, 0.4) is 0 Å². The lowest BCUT2D eigenvalue weighted by atomic mass is 10.1. The van der Waals surface area contributed by atoms with Crippen LogP contribution in [0.4, 0.5) is 5.69 Å². The molecule has 114 valence electrons. The zero-order chi connectivity index (χ0) is 15.6. The highest BCUT2D eigenvalue weighted by Crippen LogP contribution is 2.35. The number of rotatable bonds is 4. The Morgan fingerprint density at radius 2 is 2.19 bits per heavy atom. The van der Waals surface area contributed by atoms with Crippen LogP contribution < -0.4 is 15.0 Å². The van der Waals surface area contributed by atoms with Crippen molar-refractivity contribution >= 4 is 29.1 Å². The summed E-state index contributed by atoms with van der Waals surface area (Å²) in [5, 5.41) is 3.36. The number of amides is 2. The Morgan fingerprint density at radius 3 is 2.81 bits per heavy atom. The maximum absolute atomic E-state index is 12.2. The Morgan fingerprint density at radius 1 is 1.48 bits per heavy atom. The molecule has 0 unspecified atom stereocenters. The van der Waals surface area contributed by atoms with E-state index >= 15 is 0 Å². The first-order valence-corrected chi connectivity index (χ1v) is 7.24. The molecule has 1 saturated heterocycles. The molecule has 21 heavy (non-hydrogen) atoms. The molecule has 2 rings (SSSR count). The minimum atomic E-state index is -0.344. The van der Waals surface area contributed by atoms with Crippen molar-refractivity contribution in [2.75, 3.05) is 18.6 Å². The summed E-state index contributed by atoms with van der Waals surface area (Å²) in [7, 11) is 1.54. The molecule has 0 radical (unpaired) electrons. The number of hydrogen-bond donors (Lipinski definition) is 1. The Hall–Kier alpha value is -1.75. The van der Waals surface area contributed by atoms with Gasteiger partial charge in [0.05, 0.1) is 18.7 Å². The van der Waals surface area contributed by atoms with Gasteiger partial charge in [-0.2, -0.15) is 0 Å². The lowest BCUT2D eigenvalue weighted by Crippen LogP contribution is -2.37. The third-order valence-corrected chi connectivity index (χ3v) is 3.59. The van der Waals surface area contributed by atoms with Crippen LogP contribution in [-0.2, 0) is 9.59 Å². The Balaban J connectivity index is 2.21. The van der Waals surface area contributed by atoms with Crippen molar-refractivity contribution in [3.63, 3.8) is 0 Å². The van der Waals surface area contributed by atoms with Gasteiger partial charge in [0.2, 0.25) is 11.8 Å². The van der Waals surface area contributed by atoms with Gasteiger partial charge >= 0.3 is 0 Å². The van der Waals surface area contributed by atoms with E-state index in [-0.39, 0.29) is 30.2 Å². The van der Waals surface area contributed by atoms with Crippen LogP contribution >= 0.6 is 11.6 Å². The standard InChI is InChI=1S/C15H19ClN2O3/c1-9(2)17-15(20)10-6-14(19)18(8-10)12-7-11(16)4-5-13(12)21-3/h4-5,7,9-10H,6,8H2,1-3H3,(H,17,20)/t10-/m0/s1. The first-order valence-electron chi connectivity index (χ1n) is 6.86. The molecule has 1 aromatic rings. The number of halogens is 1. The van der Waals surface area contributed by atoms with E-state index in [0.29, 0.717) is 23.0 Å². The van der Waals surface area contributed by atoms with Gasteiger partial charge in [0.25, 0.3) is 0 Å². The van der Waals surface area contributed by atoms with Crippen molar-refractivity contribution in [3.8, 4) is 5.75 Å². The monoisotopic (exact) mass is 310 g/mol. The quantitative estimate of drug-likeness (QED) is 0.927. The van der Waals surface area contributed by atoms with Gasteiger partial charge in [-0.25, -0.2) is 0 Å². The second kappa shape index (κ2) is 6.35. The van der Waals surface area contributed by atoms with E-state index in [9.17, 15) is 9.59 Å². The van der Waals surface area contributed by atoms with Gasteiger partial charge in [-0.1, -0.05) is 11.6 Å². The Labute approximate surface area is 129 Å². The first-order chi connectivity index (χ1) is 9.92. The van der Waals surface area contributed by atoms with E-state index in [0.717, 1.165) is 0 Å². The fraction of sp³-hybridized carbons (Fsp3) is 0.467. The van der Waals surface area contributed by atoms with Gasteiger partial charge in [-0.05, 0) is 32.0 Å². The summed E-state index contributed by atoms with van der Waals surface area (Å²) in [5.41, 5.74) is 0.606. The summed E-state index contributed by atoms with van der Waals surface area (Å²) in [6, 6.07) is 5.16. The van der Waals surface area contributed by atoms with Gasteiger partial charge in [0, 0.05) is 24.0 Å². The third-order valence-electron chi connectivity index (χ3n) is 3.36. The average molecular weight is 311 g/mol. The number of nitrogens with zero attached hydrogens (tertiary/aromatic N) is 1. The maximum atomic E-state index is 12.2. The number of nitrogens with one attached hydrogen (secondary N) is 1. The summed E-state index contributed by atoms with van der Waals surface area (Å²) in [6.45, 7) is 4.13. The summed E-state index contributed by atoms with van der Waals surface area (Å²) in [4.78, 5) is 25.8. The molecule has 1 aliphatic heterocycles. The van der Waals surface area contributed by atoms with Crippen LogP contribution in [0, 0.1) is 5.92 Å². The van der Waals surface area contributed by atoms with Crippen molar-refractivity contribution in [2.45, 2.75) is 26.3 Å². The predicted octanol–water partition coefficient (Wildman–Crippen LogP) is 2.23. The predicted molar refractivity (Wildman–Crippen MR) is 81.7 cm³/mol. The van der Waals surface area contributed by atoms with Crippen molar-refractivity contribution in [3.05, 3.63) is 23.2 Å². The highest BCUT2D eigenvalue weighted by molar-refractivity contribution is 6.31. The largest absolute Gasteiger partial charge is 0.495 e. The van der Waals surface area contributed by atoms with Crippen LogP contribution in [-0.4, -0.2) is 31.5 Å². The lowest BCUT2D eigenvalue weighted by Gasteiger charge is -2.20. The summed E-state index contributed by atoms with van der Waals surface area (Å²) in [6.07, 6.45) is 0.203. The summed E-state index contributed by atoms with van der Waals surface area (Å²) < 4.78 is 5.27. The minimum Gasteiger partial charge on any atom is -0.495 e. The highest BCUT2D eigenvalue weighted by atomic mass is 35.5. The summed E-state index contributed by atoms with van der Waals surface area (Å²) >= 11 is 5.99. The van der Waals surface area contributed by atoms with E-state index in [2.05, 4.69) is 5.32 Å². The van der Waals surface area contributed by atoms with E-state index in [1.807, 2.05) is 13.8 Å². The van der Waals surface area contributed by atoms with Gasteiger partial charge in [0.1, 0.15) is 5.75 Å². The molecular weight excluding hydrogens is 292 g/mol. The number of carbonyl (C=O) groups excluding carboxylic acids is 2. The van der Waals surface area contributed by atoms with Crippen LogP contribution in [0.2, 0.25) is 5.02 Å². The normalized spacial score (nSPS) is 18.2. The summed E-state index contributed by atoms with van der Waals surface area (Å²) in [5.74, 6) is 0.0302. The Bertz CT molecular complexity index is 560. The van der Waals surface area contributed by atoms with E-state index in [4.69, 9.17) is 16.3 Å². The molecule has 1 aromatic carbocycles. The van der Waals surface area contributed by atoms with E-state index in [1.165, 1.54) is 7.11 Å². The molecular formula is C15H19ClN2O3. The van der Waals surface area contributed by atoms with Crippen LogP contribution in [0.15, 0.2) is 18.2 Å². The average Bonchev–Trinajstić information content (AvgIpc) is 2.80. The van der Waals surface area contributed by atoms with Gasteiger partial charge in [-0.15, -0.1) is 0 Å². The lowest BCUT2D eigenvalue weighted by molar-refractivity contribution is -0.126. The number of carbonyl (C=O) groups is 2. The van der Waals surface area contributed by atoms with Crippen LogP contribution in [0.1, 0.15) is 20.3 Å². The molecule has 1 heterocycles. The van der Waals surface area contributed by atoms with Crippen LogP contribution in [0.25, 0.3) is 0 Å². The smallest absolute Gasteiger partial charge is 0.227 e. The molecule has 1 fully saturated rings. The maximum Gasteiger partial charge on any atom is 0.227 e. The fourth-order valence-electron chi connectivity index (χ4n) is 2.39. The zero-order valence-electron chi connectivity index (χ0n) is 12.4.